The second kappa shape index (κ2) is 7.34. The molecule has 0 bridgehead atoms. The highest BCUT2D eigenvalue weighted by Crippen LogP contribution is 2.38. The first kappa shape index (κ1) is 18.0. The monoisotopic (exact) mass is 376 g/mol. The van der Waals surface area contributed by atoms with Crippen LogP contribution in [0.5, 0.6) is 0 Å². The molecule has 3 aromatic rings. The van der Waals surface area contributed by atoms with Gasteiger partial charge in [0.15, 0.2) is 0 Å². The minimum Gasteiger partial charge on any atom is -0.378 e. The number of nitrogens with zero attached hydrogens (tertiary/aromatic N) is 4. The van der Waals surface area contributed by atoms with Gasteiger partial charge in [-0.25, -0.2) is 4.68 Å². The lowest BCUT2D eigenvalue weighted by atomic mass is 9.88. The lowest BCUT2D eigenvalue weighted by Crippen LogP contribution is -2.50. The van der Waals surface area contributed by atoms with Gasteiger partial charge in [-0.2, -0.15) is 10.1 Å². The summed E-state index contributed by atoms with van der Waals surface area (Å²) in [4.78, 5) is 18.5. The number of nitrogens with one attached hydrogen (secondary N) is 2. The van der Waals surface area contributed by atoms with Gasteiger partial charge in [0.2, 0.25) is 11.9 Å². The topological polar surface area (TPSA) is 75.1 Å². The Hall–Kier alpha value is -3.35. The third-order valence-corrected chi connectivity index (χ3v) is 5.10. The smallest absolute Gasteiger partial charge is 0.222 e. The summed E-state index contributed by atoms with van der Waals surface area (Å²) < 4.78 is 1.85. The first-order valence-electron chi connectivity index (χ1n) is 9.30. The maximum atomic E-state index is 12.1. The van der Waals surface area contributed by atoms with Crippen molar-refractivity contribution in [2.45, 2.75) is 25.0 Å². The minimum atomic E-state index is -0.223. The van der Waals surface area contributed by atoms with Crippen molar-refractivity contribution in [2.75, 3.05) is 24.3 Å². The molecule has 2 heterocycles. The van der Waals surface area contributed by atoms with Gasteiger partial charge < -0.3 is 15.5 Å². The molecule has 0 aliphatic carbocycles. The summed E-state index contributed by atoms with van der Waals surface area (Å²) in [5.74, 6) is 0.614. The zero-order chi connectivity index (χ0) is 19.7. The summed E-state index contributed by atoms with van der Waals surface area (Å²) in [7, 11) is 4.03. The second-order valence-corrected chi connectivity index (χ2v) is 7.22. The normalized spacial score (nSPS) is 20.8. The van der Waals surface area contributed by atoms with Crippen LogP contribution in [0.25, 0.3) is 0 Å². The first-order valence-corrected chi connectivity index (χ1v) is 9.30. The molecule has 4 rings (SSSR count). The van der Waals surface area contributed by atoms with Crippen molar-refractivity contribution >= 4 is 17.5 Å². The van der Waals surface area contributed by atoms with E-state index < -0.39 is 0 Å². The highest BCUT2D eigenvalue weighted by atomic mass is 16.1. The molecule has 1 amide bonds. The molecule has 7 heteroatoms. The van der Waals surface area contributed by atoms with Crippen LogP contribution in [-0.4, -0.2) is 40.8 Å². The van der Waals surface area contributed by atoms with Gasteiger partial charge in [0.25, 0.3) is 0 Å². The summed E-state index contributed by atoms with van der Waals surface area (Å²) in [6, 6.07) is 17.9. The van der Waals surface area contributed by atoms with E-state index in [0.29, 0.717) is 5.95 Å². The van der Waals surface area contributed by atoms with Crippen LogP contribution in [-0.2, 0) is 4.79 Å². The molecule has 2 N–H and O–H groups in total. The Bertz CT molecular complexity index is 951. The summed E-state index contributed by atoms with van der Waals surface area (Å²) in [6.45, 7) is 1.55. The molecule has 0 fully saturated rings. The molecule has 0 radical (unpaired) electrons. The molecule has 3 atom stereocenters. The largest absolute Gasteiger partial charge is 0.378 e. The highest BCUT2D eigenvalue weighted by molar-refractivity contribution is 5.73. The number of fused-ring (bicyclic) bond motifs is 1. The molecular formula is C21H24N6O. The van der Waals surface area contributed by atoms with E-state index in [4.69, 9.17) is 0 Å². The maximum absolute atomic E-state index is 12.1. The Balaban J connectivity index is 1.80. The van der Waals surface area contributed by atoms with Crippen molar-refractivity contribution in [3.8, 4) is 0 Å². The third-order valence-electron chi connectivity index (χ3n) is 5.10. The number of amides is 1. The van der Waals surface area contributed by atoms with E-state index in [-0.39, 0.29) is 24.0 Å². The molecule has 0 saturated carbocycles. The predicted octanol–water partition coefficient (Wildman–Crippen LogP) is 2.61. The molecule has 1 aliphatic heterocycles. The fraction of sp³-hybridized carbons (Fsp3) is 0.286. The molecule has 28 heavy (non-hydrogen) atoms. The van der Waals surface area contributed by atoms with Gasteiger partial charge in [-0.15, -0.1) is 0 Å². The lowest BCUT2D eigenvalue weighted by Gasteiger charge is -2.40. The molecule has 0 saturated heterocycles. The number of hydrogen-bond donors (Lipinski definition) is 2. The zero-order valence-corrected chi connectivity index (χ0v) is 16.2. The van der Waals surface area contributed by atoms with E-state index in [2.05, 4.69) is 62.0 Å². The van der Waals surface area contributed by atoms with Crippen molar-refractivity contribution < 1.29 is 4.79 Å². The fourth-order valence-electron chi connectivity index (χ4n) is 3.79. The number of carbonyl (C=O) groups excluding carboxylic acids is 1. The standard InChI is InChI=1S/C21H24N6O/c1-14(28)24-19-18(15-9-11-17(12-10-15)26(2)3)25-21-22-13-23-27(21)20(19)16-7-5-4-6-8-16/h4-13,18-20H,1-3H3,(H,24,28)(H,22,23,25). The molecule has 0 spiro atoms. The average Bonchev–Trinajstić information content (AvgIpc) is 3.16. The molecule has 1 aromatic heterocycles. The van der Waals surface area contributed by atoms with Crippen LogP contribution in [0.2, 0.25) is 0 Å². The predicted molar refractivity (Wildman–Crippen MR) is 109 cm³/mol. The third kappa shape index (κ3) is 3.31. The van der Waals surface area contributed by atoms with Crippen molar-refractivity contribution in [1.82, 2.24) is 20.1 Å². The Morgan fingerprint density at radius 3 is 2.43 bits per heavy atom. The number of aromatic nitrogens is 3. The fourth-order valence-corrected chi connectivity index (χ4v) is 3.79. The van der Waals surface area contributed by atoms with E-state index in [1.54, 1.807) is 13.3 Å². The number of benzene rings is 2. The highest BCUT2D eigenvalue weighted by Gasteiger charge is 2.40. The van der Waals surface area contributed by atoms with Gasteiger partial charge in [-0.3, -0.25) is 4.79 Å². The molecule has 3 unspecified atom stereocenters. The summed E-state index contributed by atoms with van der Waals surface area (Å²) in [5, 5.41) is 11.0. The second-order valence-electron chi connectivity index (χ2n) is 7.22. The summed E-state index contributed by atoms with van der Waals surface area (Å²) in [5.41, 5.74) is 3.28. The molecule has 2 aromatic carbocycles. The van der Waals surface area contributed by atoms with Crippen molar-refractivity contribution in [3.05, 3.63) is 72.1 Å². The lowest BCUT2D eigenvalue weighted by molar-refractivity contribution is -0.120. The van der Waals surface area contributed by atoms with Crippen molar-refractivity contribution in [1.29, 1.82) is 0 Å². The van der Waals surface area contributed by atoms with Gasteiger partial charge in [-0.05, 0) is 23.3 Å². The van der Waals surface area contributed by atoms with Crippen LogP contribution in [0.1, 0.15) is 30.1 Å². The summed E-state index contributed by atoms with van der Waals surface area (Å²) >= 11 is 0. The summed E-state index contributed by atoms with van der Waals surface area (Å²) in [6.07, 6.45) is 1.54. The van der Waals surface area contributed by atoms with E-state index in [0.717, 1.165) is 16.8 Å². The van der Waals surface area contributed by atoms with Crippen molar-refractivity contribution in [2.24, 2.45) is 0 Å². The van der Waals surface area contributed by atoms with Crippen LogP contribution in [0, 0.1) is 0 Å². The first-order chi connectivity index (χ1) is 13.5. The van der Waals surface area contributed by atoms with Crippen LogP contribution in [0.3, 0.4) is 0 Å². The van der Waals surface area contributed by atoms with Gasteiger partial charge in [0.1, 0.15) is 12.4 Å². The van der Waals surface area contributed by atoms with E-state index in [1.165, 1.54) is 0 Å². The maximum Gasteiger partial charge on any atom is 0.222 e. The number of hydrogen-bond acceptors (Lipinski definition) is 5. The van der Waals surface area contributed by atoms with Gasteiger partial charge in [-0.1, -0.05) is 42.5 Å². The van der Waals surface area contributed by atoms with Gasteiger partial charge >= 0.3 is 0 Å². The van der Waals surface area contributed by atoms with Crippen LogP contribution < -0.4 is 15.5 Å². The average molecular weight is 376 g/mol. The number of anilines is 2. The van der Waals surface area contributed by atoms with E-state index >= 15 is 0 Å². The SMILES string of the molecule is CC(=O)NC1C(c2ccc(N(C)C)cc2)Nc2ncnn2C1c1ccccc1. The molecule has 144 valence electrons. The molecule has 7 nitrogen and oxygen atoms in total. The number of carbonyl (C=O) groups is 1. The minimum absolute atomic E-state index is 0.0776. The van der Waals surface area contributed by atoms with Gasteiger partial charge in [0, 0.05) is 26.7 Å². The van der Waals surface area contributed by atoms with Crippen LogP contribution >= 0.6 is 0 Å². The molecule has 1 aliphatic rings. The Morgan fingerprint density at radius 1 is 1.07 bits per heavy atom. The quantitative estimate of drug-likeness (QED) is 0.732. The number of rotatable bonds is 4. The van der Waals surface area contributed by atoms with Gasteiger partial charge in [0.05, 0.1) is 12.1 Å². The van der Waals surface area contributed by atoms with Crippen LogP contribution in [0.4, 0.5) is 11.6 Å². The van der Waals surface area contributed by atoms with E-state index in [9.17, 15) is 4.79 Å². The Kier molecular flexibility index (Phi) is 4.73. The van der Waals surface area contributed by atoms with E-state index in [1.807, 2.05) is 37.0 Å². The molecular weight excluding hydrogens is 352 g/mol. The van der Waals surface area contributed by atoms with Crippen molar-refractivity contribution in [3.63, 3.8) is 0 Å². The van der Waals surface area contributed by atoms with Crippen LogP contribution in [0.15, 0.2) is 60.9 Å². The Morgan fingerprint density at radius 2 is 1.79 bits per heavy atom. The Labute approximate surface area is 164 Å². The zero-order valence-electron chi connectivity index (χ0n) is 16.2.